The highest BCUT2D eigenvalue weighted by molar-refractivity contribution is 5.88. The molecule has 2 atom stereocenters. The number of benzene rings is 3. The third kappa shape index (κ3) is 5.93. The fourth-order valence-electron chi connectivity index (χ4n) is 4.95. The van der Waals surface area contributed by atoms with Crippen molar-refractivity contribution in [3.8, 4) is 0 Å². The van der Waals surface area contributed by atoms with E-state index in [1.165, 1.54) is 0 Å². The van der Waals surface area contributed by atoms with Gasteiger partial charge in [-0.05, 0) is 34.4 Å². The van der Waals surface area contributed by atoms with Crippen LogP contribution in [0.5, 0.6) is 0 Å². The summed E-state index contributed by atoms with van der Waals surface area (Å²) in [5.74, 6) is -0.310. The Labute approximate surface area is 216 Å². The van der Waals surface area contributed by atoms with Gasteiger partial charge in [-0.1, -0.05) is 60.7 Å². The predicted octanol–water partition coefficient (Wildman–Crippen LogP) is 2.57. The van der Waals surface area contributed by atoms with Crippen molar-refractivity contribution < 1.29 is 14.7 Å². The van der Waals surface area contributed by atoms with Gasteiger partial charge in [-0.2, -0.15) is 0 Å². The number of fused-ring (bicyclic) bond motifs is 2. The van der Waals surface area contributed by atoms with Crippen LogP contribution in [0.1, 0.15) is 11.1 Å². The summed E-state index contributed by atoms with van der Waals surface area (Å²) < 4.78 is 0. The van der Waals surface area contributed by atoms with Crippen LogP contribution in [0.3, 0.4) is 0 Å². The zero-order valence-electron chi connectivity index (χ0n) is 20.7. The van der Waals surface area contributed by atoms with Gasteiger partial charge in [0.15, 0.2) is 0 Å². The maximum Gasteiger partial charge on any atom is 0.318 e. The fourth-order valence-corrected chi connectivity index (χ4v) is 4.95. The molecule has 0 aliphatic carbocycles. The van der Waals surface area contributed by atoms with Gasteiger partial charge < -0.3 is 30.9 Å². The smallest absolute Gasteiger partial charge is 0.318 e. The average molecular weight is 500 g/mol. The minimum absolute atomic E-state index is 0.209. The lowest BCUT2D eigenvalue weighted by atomic mass is 10.0. The van der Waals surface area contributed by atoms with Crippen LogP contribution in [0.2, 0.25) is 0 Å². The molecule has 1 saturated heterocycles. The molecule has 1 aliphatic rings. The van der Waals surface area contributed by atoms with E-state index in [0.29, 0.717) is 25.9 Å². The van der Waals surface area contributed by atoms with E-state index in [0.717, 1.165) is 45.9 Å². The van der Waals surface area contributed by atoms with Gasteiger partial charge in [-0.15, -0.1) is 0 Å². The standard InChI is InChI=1S/C29H33N5O3/c35-19-24(17-23-18-31-26-8-4-3-7-25(23)26)32-28(36)27(33-29(37)34-13-11-30-12-14-34)16-20-9-10-21-5-1-2-6-22(21)15-20/h1-10,15,18,24,27,30-31,35H,11-14,16-17,19H2,(H,32,36)(H,33,37)/t24?,27-/m1/s1. The van der Waals surface area contributed by atoms with Crippen molar-refractivity contribution in [2.24, 2.45) is 0 Å². The Morgan fingerprint density at radius 3 is 2.49 bits per heavy atom. The summed E-state index contributed by atoms with van der Waals surface area (Å²) in [7, 11) is 0. The monoisotopic (exact) mass is 499 g/mol. The topological polar surface area (TPSA) is 109 Å². The summed E-state index contributed by atoms with van der Waals surface area (Å²) in [6.45, 7) is 2.43. The van der Waals surface area contributed by atoms with E-state index in [1.54, 1.807) is 4.90 Å². The number of aliphatic hydroxyl groups is 1. The maximum absolute atomic E-state index is 13.5. The molecule has 0 saturated carbocycles. The van der Waals surface area contributed by atoms with Crippen molar-refractivity contribution in [1.82, 2.24) is 25.8 Å². The normalized spacial score (nSPS) is 15.4. The van der Waals surface area contributed by atoms with Gasteiger partial charge in [0.1, 0.15) is 6.04 Å². The molecule has 2 heterocycles. The van der Waals surface area contributed by atoms with Crippen molar-refractivity contribution in [3.05, 3.63) is 84.1 Å². The Morgan fingerprint density at radius 1 is 0.919 bits per heavy atom. The van der Waals surface area contributed by atoms with Gasteiger partial charge in [-0.25, -0.2) is 4.79 Å². The van der Waals surface area contributed by atoms with Crippen LogP contribution < -0.4 is 16.0 Å². The molecule has 0 spiro atoms. The molecule has 3 amide bonds. The highest BCUT2D eigenvalue weighted by atomic mass is 16.3. The summed E-state index contributed by atoms with van der Waals surface area (Å²) in [4.78, 5) is 31.5. The van der Waals surface area contributed by atoms with E-state index in [4.69, 9.17) is 0 Å². The number of aromatic nitrogens is 1. The summed E-state index contributed by atoms with van der Waals surface area (Å²) in [6.07, 6.45) is 2.73. The van der Waals surface area contributed by atoms with Gasteiger partial charge in [-0.3, -0.25) is 4.79 Å². The quantitative estimate of drug-likeness (QED) is 0.257. The van der Waals surface area contributed by atoms with Crippen LogP contribution in [-0.2, 0) is 17.6 Å². The van der Waals surface area contributed by atoms with Crippen molar-refractivity contribution >= 4 is 33.6 Å². The Kier molecular flexibility index (Phi) is 7.67. The first kappa shape index (κ1) is 24.8. The molecule has 8 nitrogen and oxygen atoms in total. The number of H-pyrrole nitrogens is 1. The first-order chi connectivity index (χ1) is 18.1. The number of rotatable bonds is 8. The molecule has 5 N–H and O–H groups in total. The molecular weight excluding hydrogens is 466 g/mol. The Hall–Kier alpha value is -3.88. The van der Waals surface area contributed by atoms with E-state index in [2.05, 4.69) is 27.0 Å². The molecule has 37 heavy (non-hydrogen) atoms. The van der Waals surface area contributed by atoms with E-state index in [-0.39, 0.29) is 18.5 Å². The summed E-state index contributed by atoms with van der Waals surface area (Å²) in [5, 5.41) is 22.5. The average Bonchev–Trinajstić information content (AvgIpc) is 3.35. The minimum atomic E-state index is -0.777. The third-order valence-electron chi connectivity index (χ3n) is 6.98. The number of nitrogens with zero attached hydrogens (tertiary/aromatic N) is 1. The first-order valence-electron chi connectivity index (χ1n) is 12.8. The lowest BCUT2D eigenvalue weighted by molar-refractivity contribution is -0.124. The van der Waals surface area contributed by atoms with Crippen molar-refractivity contribution in [3.63, 3.8) is 0 Å². The second kappa shape index (κ2) is 11.5. The highest BCUT2D eigenvalue weighted by Crippen LogP contribution is 2.20. The number of piperazine rings is 1. The third-order valence-corrected chi connectivity index (χ3v) is 6.98. The van der Waals surface area contributed by atoms with Crippen LogP contribution in [0, 0.1) is 0 Å². The lowest BCUT2D eigenvalue weighted by Gasteiger charge is -2.30. The summed E-state index contributed by atoms with van der Waals surface area (Å²) >= 11 is 0. The van der Waals surface area contributed by atoms with E-state index in [1.807, 2.05) is 66.9 Å². The Morgan fingerprint density at radius 2 is 1.68 bits per heavy atom. The van der Waals surface area contributed by atoms with Crippen LogP contribution in [-0.4, -0.2) is 71.8 Å². The molecule has 4 aromatic rings. The number of hydrogen-bond donors (Lipinski definition) is 5. The van der Waals surface area contributed by atoms with Crippen molar-refractivity contribution in [2.45, 2.75) is 24.9 Å². The number of para-hydroxylation sites is 1. The lowest BCUT2D eigenvalue weighted by Crippen LogP contribution is -2.57. The molecule has 5 rings (SSSR count). The van der Waals surface area contributed by atoms with E-state index >= 15 is 0 Å². The van der Waals surface area contributed by atoms with Gasteiger partial charge in [0.05, 0.1) is 12.6 Å². The molecule has 0 radical (unpaired) electrons. The Bertz CT molecular complexity index is 1380. The molecule has 0 bridgehead atoms. The SMILES string of the molecule is O=C(NC(CO)Cc1c[nH]c2ccccc12)[C@@H](Cc1ccc2ccccc2c1)NC(=O)N1CCNCC1. The summed E-state index contributed by atoms with van der Waals surface area (Å²) in [6, 6.07) is 20.6. The zero-order chi connectivity index (χ0) is 25.6. The second-order valence-electron chi connectivity index (χ2n) is 9.58. The zero-order valence-corrected chi connectivity index (χ0v) is 20.7. The second-order valence-corrected chi connectivity index (χ2v) is 9.58. The van der Waals surface area contributed by atoms with Crippen LogP contribution in [0.25, 0.3) is 21.7 Å². The largest absolute Gasteiger partial charge is 0.394 e. The fraction of sp³-hybridized carbons (Fsp3) is 0.310. The van der Waals surface area contributed by atoms with Gasteiger partial charge >= 0.3 is 6.03 Å². The van der Waals surface area contributed by atoms with Crippen molar-refractivity contribution in [1.29, 1.82) is 0 Å². The minimum Gasteiger partial charge on any atom is -0.394 e. The van der Waals surface area contributed by atoms with Gasteiger partial charge in [0.25, 0.3) is 0 Å². The molecule has 1 aromatic heterocycles. The molecule has 192 valence electrons. The van der Waals surface area contributed by atoms with Crippen molar-refractivity contribution in [2.75, 3.05) is 32.8 Å². The van der Waals surface area contributed by atoms with Gasteiger partial charge in [0, 0.05) is 49.7 Å². The number of nitrogens with one attached hydrogen (secondary N) is 4. The number of amides is 3. The van der Waals surface area contributed by atoms with E-state index < -0.39 is 12.1 Å². The summed E-state index contributed by atoms with van der Waals surface area (Å²) in [5.41, 5.74) is 2.99. The highest BCUT2D eigenvalue weighted by Gasteiger charge is 2.27. The number of hydrogen-bond acceptors (Lipinski definition) is 4. The Balaban J connectivity index is 1.33. The first-order valence-corrected chi connectivity index (χ1v) is 12.8. The van der Waals surface area contributed by atoms with Gasteiger partial charge in [0.2, 0.25) is 5.91 Å². The molecule has 1 fully saturated rings. The predicted molar refractivity (Wildman–Crippen MR) is 145 cm³/mol. The van der Waals surface area contributed by atoms with Crippen LogP contribution in [0.4, 0.5) is 4.79 Å². The maximum atomic E-state index is 13.5. The van der Waals surface area contributed by atoms with E-state index in [9.17, 15) is 14.7 Å². The number of carbonyl (C=O) groups excluding carboxylic acids is 2. The number of urea groups is 1. The number of carbonyl (C=O) groups is 2. The van der Waals surface area contributed by atoms with Crippen LogP contribution in [0.15, 0.2) is 72.9 Å². The molecule has 8 heteroatoms. The molecule has 3 aromatic carbocycles. The van der Waals surface area contributed by atoms with Crippen LogP contribution >= 0.6 is 0 Å². The molecular formula is C29H33N5O3. The molecule has 1 unspecified atom stereocenters. The molecule has 1 aliphatic heterocycles. The number of aliphatic hydroxyl groups excluding tert-OH is 1. The number of aromatic amines is 1.